The van der Waals surface area contributed by atoms with Crippen LogP contribution in [0.25, 0.3) is 0 Å². The van der Waals surface area contributed by atoms with Gasteiger partial charge in [-0.15, -0.1) is 0 Å². The Labute approximate surface area is 103 Å². The molecule has 1 saturated heterocycles. The second-order valence-electron chi connectivity index (χ2n) is 4.99. The molecule has 0 amide bonds. The van der Waals surface area contributed by atoms with Crippen molar-refractivity contribution in [3.8, 4) is 0 Å². The summed E-state index contributed by atoms with van der Waals surface area (Å²) < 4.78 is 5.38. The summed E-state index contributed by atoms with van der Waals surface area (Å²) in [6, 6.07) is 0. The molecule has 0 aromatic heterocycles. The predicted molar refractivity (Wildman–Crippen MR) is 66.0 cm³/mol. The summed E-state index contributed by atoms with van der Waals surface area (Å²) in [7, 11) is 0. The fraction of sp³-hybridized carbons (Fsp3) is 0.917. The van der Waals surface area contributed by atoms with E-state index in [1.165, 1.54) is 0 Å². The van der Waals surface area contributed by atoms with Crippen LogP contribution in [0, 0.1) is 0 Å². The van der Waals surface area contributed by atoms with Crippen LogP contribution in [0.5, 0.6) is 0 Å². The highest BCUT2D eigenvalue weighted by atomic mass is 16.5. The molecule has 1 rings (SSSR count). The largest absolute Gasteiger partial charge is 0.480 e. The number of nitrogens with two attached hydrogens (primary N) is 1. The summed E-state index contributed by atoms with van der Waals surface area (Å²) in [6.45, 7) is 6.33. The molecule has 0 aliphatic carbocycles. The Morgan fingerprint density at radius 3 is 2.88 bits per heavy atom. The maximum Gasteiger partial charge on any atom is 0.323 e. The minimum absolute atomic E-state index is 0.534. The molecule has 1 aliphatic heterocycles. The van der Waals surface area contributed by atoms with Gasteiger partial charge < -0.3 is 20.5 Å². The van der Waals surface area contributed by atoms with Crippen LogP contribution in [-0.4, -0.2) is 54.4 Å². The van der Waals surface area contributed by atoms with E-state index >= 15 is 0 Å². The normalized spacial score (nSPS) is 21.8. The van der Waals surface area contributed by atoms with Crippen LogP contribution >= 0.6 is 0 Å². The molecule has 5 nitrogen and oxygen atoms in total. The average molecular weight is 244 g/mol. The third-order valence-corrected chi connectivity index (χ3v) is 3.22. The van der Waals surface area contributed by atoms with Gasteiger partial charge in [-0.25, -0.2) is 0 Å². The van der Waals surface area contributed by atoms with Crippen molar-refractivity contribution in [3.63, 3.8) is 0 Å². The number of unbranched alkanes of at least 4 members (excludes halogenated alkanes) is 1. The van der Waals surface area contributed by atoms with Crippen molar-refractivity contribution in [1.29, 1.82) is 0 Å². The minimum atomic E-state index is -1.08. The SMILES string of the molecule is CC(N)(CCCCN1CCCOCC1)C(=O)O. The van der Waals surface area contributed by atoms with E-state index in [4.69, 9.17) is 15.6 Å². The van der Waals surface area contributed by atoms with Crippen molar-refractivity contribution in [2.45, 2.75) is 38.1 Å². The smallest absolute Gasteiger partial charge is 0.323 e. The summed E-state index contributed by atoms with van der Waals surface area (Å²) in [5.41, 5.74) is 4.59. The number of hydrogen-bond acceptors (Lipinski definition) is 4. The van der Waals surface area contributed by atoms with Crippen LogP contribution in [0.4, 0.5) is 0 Å². The van der Waals surface area contributed by atoms with Crippen LogP contribution in [-0.2, 0) is 9.53 Å². The molecule has 0 aromatic rings. The number of nitrogens with zero attached hydrogens (tertiary/aromatic N) is 1. The fourth-order valence-electron chi connectivity index (χ4n) is 1.96. The molecule has 1 aliphatic rings. The molecule has 0 aromatic carbocycles. The van der Waals surface area contributed by atoms with Crippen LogP contribution in [0.3, 0.4) is 0 Å². The van der Waals surface area contributed by atoms with Gasteiger partial charge in [-0.05, 0) is 39.2 Å². The molecule has 0 bridgehead atoms. The topological polar surface area (TPSA) is 75.8 Å². The summed E-state index contributed by atoms with van der Waals surface area (Å²) in [5.74, 6) is -0.916. The maximum atomic E-state index is 10.8. The summed E-state index contributed by atoms with van der Waals surface area (Å²) >= 11 is 0. The van der Waals surface area contributed by atoms with Gasteiger partial charge in [-0.1, -0.05) is 0 Å². The number of carboxylic acid groups (broad SMARTS) is 1. The number of ether oxygens (including phenoxy) is 1. The number of carbonyl (C=O) groups is 1. The molecule has 0 saturated carbocycles. The first-order valence-electron chi connectivity index (χ1n) is 6.35. The average Bonchev–Trinajstić information content (AvgIpc) is 2.52. The van der Waals surface area contributed by atoms with Gasteiger partial charge in [0.05, 0.1) is 6.61 Å². The van der Waals surface area contributed by atoms with Gasteiger partial charge in [0.25, 0.3) is 0 Å². The Kier molecular flexibility index (Phi) is 5.88. The molecular weight excluding hydrogens is 220 g/mol. The monoisotopic (exact) mass is 244 g/mol. The van der Waals surface area contributed by atoms with Gasteiger partial charge >= 0.3 is 5.97 Å². The number of carboxylic acids is 1. The third-order valence-electron chi connectivity index (χ3n) is 3.22. The van der Waals surface area contributed by atoms with Crippen LogP contribution in [0.15, 0.2) is 0 Å². The summed E-state index contributed by atoms with van der Waals surface area (Å²) in [5, 5.41) is 8.87. The highest BCUT2D eigenvalue weighted by Crippen LogP contribution is 2.11. The van der Waals surface area contributed by atoms with Crippen LogP contribution < -0.4 is 5.73 Å². The van der Waals surface area contributed by atoms with Crippen molar-refractivity contribution in [2.75, 3.05) is 32.8 Å². The number of rotatable bonds is 6. The summed E-state index contributed by atoms with van der Waals surface area (Å²) in [4.78, 5) is 13.2. The van der Waals surface area contributed by atoms with E-state index < -0.39 is 11.5 Å². The lowest BCUT2D eigenvalue weighted by Gasteiger charge is -2.21. The Balaban J connectivity index is 2.12. The maximum absolute atomic E-state index is 10.8. The zero-order valence-electron chi connectivity index (χ0n) is 10.7. The lowest BCUT2D eigenvalue weighted by molar-refractivity contribution is -0.142. The first-order chi connectivity index (χ1) is 8.02. The van der Waals surface area contributed by atoms with Crippen molar-refractivity contribution in [2.24, 2.45) is 5.73 Å². The zero-order valence-corrected chi connectivity index (χ0v) is 10.7. The number of aliphatic carboxylic acids is 1. The van der Waals surface area contributed by atoms with Gasteiger partial charge in [-0.3, -0.25) is 4.79 Å². The Morgan fingerprint density at radius 2 is 2.18 bits per heavy atom. The predicted octanol–water partition coefficient (Wildman–Crippen LogP) is 0.681. The van der Waals surface area contributed by atoms with Crippen molar-refractivity contribution in [1.82, 2.24) is 4.90 Å². The fourth-order valence-corrected chi connectivity index (χ4v) is 1.96. The highest BCUT2D eigenvalue weighted by molar-refractivity contribution is 5.77. The van der Waals surface area contributed by atoms with Crippen molar-refractivity contribution < 1.29 is 14.6 Å². The van der Waals surface area contributed by atoms with E-state index in [0.29, 0.717) is 6.42 Å². The minimum Gasteiger partial charge on any atom is -0.480 e. The molecule has 1 unspecified atom stereocenters. The molecule has 1 atom stereocenters. The molecular formula is C12H24N2O3. The summed E-state index contributed by atoms with van der Waals surface area (Å²) in [6.07, 6.45) is 3.48. The highest BCUT2D eigenvalue weighted by Gasteiger charge is 2.26. The Bertz CT molecular complexity index is 236. The second kappa shape index (κ2) is 6.93. The third kappa shape index (κ3) is 5.48. The molecule has 3 N–H and O–H groups in total. The van der Waals surface area contributed by atoms with E-state index in [2.05, 4.69) is 4.90 Å². The lowest BCUT2D eigenvalue weighted by atomic mass is 9.96. The van der Waals surface area contributed by atoms with E-state index in [9.17, 15) is 4.79 Å². The van der Waals surface area contributed by atoms with Crippen molar-refractivity contribution in [3.05, 3.63) is 0 Å². The van der Waals surface area contributed by atoms with Crippen LogP contribution in [0.2, 0.25) is 0 Å². The Morgan fingerprint density at radius 1 is 1.41 bits per heavy atom. The van der Waals surface area contributed by atoms with Gasteiger partial charge in [0.1, 0.15) is 5.54 Å². The lowest BCUT2D eigenvalue weighted by Crippen LogP contribution is -2.44. The standard InChI is InChI=1S/C12H24N2O3/c1-12(13,11(15)16)5-2-3-6-14-7-4-9-17-10-8-14/h2-10,13H2,1H3,(H,15,16). The molecule has 100 valence electrons. The van der Waals surface area contributed by atoms with Gasteiger partial charge in [-0.2, -0.15) is 0 Å². The van der Waals surface area contributed by atoms with E-state index in [-0.39, 0.29) is 0 Å². The molecule has 0 radical (unpaired) electrons. The van der Waals surface area contributed by atoms with Gasteiger partial charge in [0.2, 0.25) is 0 Å². The quantitative estimate of drug-likeness (QED) is 0.672. The molecule has 1 fully saturated rings. The Hall–Kier alpha value is -0.650. The van der Waals surface area contributed by atoms with Gasteiger partial charge in [0, 0.05) is 19.7 Å². The zero-order chi connectivity index (χ0) is 12.7. The van der Waals surface area contributed by atoms with Crippen LogP contribution in [0.1, 0.15) is 32.6 Å². The van der Waals surface area contributed by atoms with E-state index in [0.717, 1.165) is 52.1 Å². The van der Waals surface area contributed by atoms with Gasteiger partial charge in [0.15, 0.2) is 0 Å². The number of hydrogen-bond donors (Lipinski definition) is 2. The second-order valence-corrected chi connectivity index (χ2v) is 4.99. The molecule has 5 heteroatoms. The van der Waals surface area contributed by atoms with Crippen molar-refractivity contribution >= 4 is 5.97 Å². The first-order valence-corrected chi connectivity index (χ1v) is 6.35. The molecule has 1 heterocycles. The van der Waals surface area contributed by atoms with E-state index in [1.807, 2.05) is 0 Å². The molecule has 0 spiro atoms. The first kappa shape index (κ1) is 14.4. The van der Waals surface area contributed by atoms with E-state index in [1.54, 1.807) is 6.92 Å². The molecule has 17 heavy (non-hydrogen) atoms.